The Kier molecular flexibility index (Phi) is 5.12. The maximum atomic E-state index is 11.9. The molecule has 1 aromatic rings. The predicted molar refractivity (Wildman–Crippen MR) is 80.8 cm³/mol. The molecule has 0 aromatic heterocycles. The van der Waals surface area contributed by atoms with Crippen LogP contribution in [0, 0.1) is 0 Å². The topological polar surface area (TPSA) is 75.6 Å². The molecule has 0 saturated heterocycles. The summed E-state index contributed by atoms with van der Waals surface area (Å²) in [5.41, 5.74) is -2.20. The van der Waals surface area contributed by atoms with Crippen LogP contribution in [0.15, 0.2) is 18.2 Å². The summed E-state index contributed by atoms with van der Waals surface area (Å²) in [4.78, 5) is 23.4. The van der Waals surface area contributed by atoms with Gasteiger partial charge in [0, 0.05) is 10.0 Å². The molecule has 21 heavy (non-hydrogen) atoms. The van der Waals surface area contributed by atoms with E-state index in [1.54, 1.807) is 20.8 Å². The Hall–Kier alpha value is -1.46. The highest BCUT2D eigenvalue weighted by molar-refractivity contribution is 6.34. The molecule has 116 valence electrons. The van der Waals surface area contributed by atoms with Gasteiger partial charge in [-0.1, -0.05) is 23.2 Å². The number of carbonyl (C=O) groups is 2. The van der Waals surface area contributed by atoms with E-state index < -0.39 is 23.2 Å². The van der Waals surface area contributed by atoms with E-state index in [1.165, 1.54) is 25.1 Å². The first-order valence-corrected chi connectivity index (χ1v) is 6.91. The van der Waals surface area contributed by atoms with Gasteiger partial charge in [0.05, 0.1) is 0 Å². The van der Waals surface area contributed by atoms with Gasteiger partial charge >= 0.3 is 12.1 Å². The Balaban J connectivity index is 3.14. The van der Waals surface area contributed by atoms with Gasteiger partial charge in [-0.15, -0.1) is 0 Å². The fraction of sp³-hybridized carbons (Fsp3) is 0.429. The number of aliphatic carboxylic acids is 1. The van der Waals surface area contributed by atoms with Crippen molar-refractivity contribution in [2.75, 3.05) is 0 Å². The lowest BCUT2D eigenvalue weighted by Crippen LogP contribution is -2.51. The molecule has 5 nitrogen and oxygen atoms in total. The van der Waals surface area contributed by atoms with E-state index in [1.807, 2.05) is 0 Å². The summed E-state index contributed by atoms with van der Waals surface area (Å²) in [6.45, 7) is 6.38. The third kappa shape index (κ3) is 4.79. The van der Waals surface area contributed by atoms with E-state index >= 15 is 0 Å². The number of hydrogen-bond donors (Lipinski definition) is 2. The van der Waals surface area contributed by atoms with Crippen LogP contribution >= 0.6 is 23.2 Å². The summed E-state index contributed by atoms with van der Waals surface area (Å²) in [5.74, 6) is -1.26. The fourth-order valence-corrected chi connectivity index (χ4v) is 2.13. The minimum absolute atomic E-state index is 0.248. The number of rotatable bonds is 3. The molecule has 7 heteroatoms. The van der Waals surface area contributed by atoms with Crippen molar-refractivity contribution in [3.8, 4) is 0 Å². The number of halogens is 2. The summed E-state index contributed by atoms with van der Waals surface area (Å²) in [6.07, 6.45) is -0.844. The van der Waals surface area contributed by atoms with Crippen molar-refractivity contribution < 1.29 is 19.4 Å². The van der Waals surface area contributed by atoms with Gasteiger partial charge in [0.15, 0.2) is 5.54 Å². The molecule has 1 unspecified atom stereocenters. The molecule has 0 spiro atoms. The Bertz CT molecular complexity index is 548. The van der Waals surface area contributed by atoms with Crippen LogP contribution in [0.2, 0.25) is 10.0 Å². The van der Waals surface area contributed by atoms with E-state index in [0.717, 1.165) is 0 Å². The molecule has 0 aliphatic carbocycles. The average molecular weight is 334 g/mol. The standard InChI is InChI=1S/C14H17Cl2NO4/c1-13(2,3)21-12(20)17-14(4,11(18)19)8-5-9(15)7-10(16)6-8/h5-7H,1-4H3,(H,17,20)(H,18,19). The van der Waals surface area contributed by atoms with Crippen molar-refractivity contribution in [1.29, 1.82) is 0 Å². The first-order valence-electron chi connectivity index (χ1n) is 6.15. The largest absolute Gasteiger partial charge is 0.479 e. The molecular formula is C14H17Cl2NO4. The molecule has 0 fully saturated rings. The number of benzene rings is 1. The zero-order valence-corrected chi connectivity index (χ0v) is 13.7. The highest BCUT2D eigenvalue weighted by Crippen LogP contribution is 2.28. The van der Waals surface area contributed by atoms with Gasteiger partial charge in [-0.05, 0) is 51.5 Å². The van der Waals surface area contributed by atoms with Crippen LogP contribution in [-0.2, 0) is 15.1 Å². The second-order valence-electron chi connectivity index (χ2n) is 5.72. The van der Waals surface area contributed by atoms with Crippen molar-refractivity contribution >= 4 is 35.3 Å². The van der Waals surface area contributed by atoms with Crippen molar-refractivity contribution in [3.63, 3.8) is 0 Å². The molecule has 0 bridgehead atoms. The van der Waals surface area contributed by atoms with E-state index in [9.17, 15) is 14.7 Å². The fourth-order valence-electron chi connectivity index (χ4n) is 1.60. The number of carboxylic acids is 1. The summed E-state index contributed by atoms with van der Waals surface area (Å²) in [5, 5.41) is 12.3. The van der Waals surface area contributed by atoms with E-state index in [-0.39, 0.29) is 15.6 Å². The lowest BCUT2D eigenvalue weighted by molar-refractivity contribution is -0.144. The van der Waals surface area contributed by atoms with Crippen molar-refractivity contribution in [3.05, 3.63) is 33.8 Å². The summed E-state index contributed by atoms with van der Waals surface area (Å²) in [6, 6.07) is 4.33. The van der Waals surface area contributed by atoms with Crippen LogP contribution in [0.25, 0.3) is 0 Å². The van der Waals surface area contributed by atoms with Crippen molar-refractivity contribution in [2.45, 2.75) is 38.8 Å². The lowest BCUT2D eigenvalue weighted by Gasteiger charge is -2.29. The van der Waals surface area contributed by atoms with Crippen molar-refractivity contribution in [2.24, 2.45) is 0 Å². The van der Waals surface area contributed by atoms with Crippen LogP contribution in [0.1, 0.15) is 33.3 Å². The highest BCUT2D eigenvalue weighted by atomic mass is 35.5. The number of carboxylic acid groups (broad SMARTS) is 1. The van der Waals surface area contributed by atoms with E-state index in [4.69, 9.17) is 27.9 Å². The molecule has 0 saturated carbocycles. The monoisotopic (exact) mass is 333 g/mol. The normalized spacial score (nSPS) is 14.2. The van der Waals surface area contributed by atoms with E-state index in [0.29, 0.717) is 0 Å². The van der Waals surface area contributed by atoms with Gasteiger partial charge in [0.2, 0.25) is 0 Å². The molecule has 1 rings (SSSR count). The molecule has 1 aromatic carbocycles. The Morgan fingerprint density at radius 2 is 1.57 bits per heavy atom. The maximum absolute atomic E-state index is 11.9. The minimum atomic E-state index is -1.71. The summed E-state index contributed by atoms with van der Waals surface area (Å²) < 4.78 is 5.09. The van der Waals surface area contributed by atoms with Gasteiger partial charge in [-0.25, -0.2) is 9.59 Å². The molecule has 0 radical (unpaired) electrons. The summed E-state index contributed by atoms with van der Waals surface area (Å²) >= 11 is 11.8. The predicted octanol–water partition coefficient (Wildman–Crippen LogP) is 3.82. The smallest absolute Gasteiger partial charge is 0.408 e. The Morgan fingerprint density at radius 1 is 1.10 bits per heavy atom. The third-order valence-electron chi connectivity index (χ3n) is 2.62. The third-order valence-corrected chi connectivity index (χ3v) is 3.06. The average Bonchev–Trinajstić information content (AvgIpc) is 2.24. The lowest BCUT2D eigenvalue weighted by atomic mass is 9.92. The van der Waals surface area contributed by atoms with Crippen LogP contribution in [0.5, 0.6) is 0 Å². The van der Waals surface area contributed by atoms with Crippen molar-refractivity contribution in [1.82, 2.24) is 5.32 Å². The Labute approximate surface area is 133 Å². The Morgan fingerprint density at radius 3 is 1.95 bits per heavy atom. The molecule has 0 heterocycles. The molecule has 2 N–H and O–H groups in total. The van der Waals surface area contributed by atoms with Gasteiger partial charge in [-0.2, -0.15) is 0 Å². The van der Waals surface area contributed by atoms with E-state index in [2.05, 4.69) is 5.32 Å². The maximum Gasteiger partial charge on any atom is 0.408 e. The zero-order chi connectivity index (χ0) is 16.4. The van der Waals surface area contributed by atoms with Crippen LogP contribution in [0.3, 0.4) is 0 Å². The summed E-state index contributed by atoms with van der Waals surface area (Å²) in [7, 11) is 0. The molecule has 0 aliphatic heterocycles. The first kappa shape index (κ1) is 17.6. The molecule has 1 amide bonds. The highest BCUT2D eigenvalue weighted by Gasteiger charge is 2.38. The molecule has 1 atom stereocenters. The SMILES string of the molecule is CC(C)(C)OC(=O)NC(C)(C(=O)O)c1cc(Cl)cc(Cl)c1. The quantitative estimate of drug-likeness (QED) is 0.881. The van der Waals surface area contributed by atoms with Gasteiger partial charge < -0.3 is 15.2 Å². The number of nitrogens with one attached hydrogen (secondary N) is 1. The zero-order valence-electron chi connectivity index (χ0n) is 12.2. The number of ether oxygens (including phenoxy) is 1. The van der Waals surface area contributed by atoms with Crippen LogP contribution in [0.4, 0.5) is 4.79 Å². The van der Waals surface area contributed by atoms with Crippen LogP contribution < -0.4 is 5.32 Å². The number of amides is 1. The van der Waals surface area contributed by atoms with Gasteiger partial charge in [0.1, 0.15) is 5.60 Å². The number of alkyl carbamates (subject to hydrolysis) is 1. The van der Waals surface area contributed by atoms with Gasteiger partial charge in [0.25, 0.3) is 0 Å². The molecular weight excluding hydrogens is 317 g/mol. The number of hydrogen-bond acceptors (Lipinski definition) is 3. The number of carbonyl (C=O) groups excluding carboxylic acids is 1. The minimum Gasteiger partial charge on any atom is -0.479 e. The molecule has 0 aliphatic rings. The first-order chi connectivity index (χ1) is 9.44. The van der Waals surface area contributed by atoms with Gasteiger partial charge in [-0.3, -0.25) is 0 Å². The second-order valence-corrected chi connectivity index (χ2v) is 6.59. The second kappa shape index (κ2) is 6.12. The van der Waals surface area contributed by atoms with Crippen LogP contribution in [-0.4, -0.2) is 22.8 Å².